The lowest BCUT2D eigenvalue weighted by Gasteiger charge is -2.13. The molecule has 2 rings (SSSR count). The van der Waals surface area contributed by atoms with E-state index in [9.17, 15) is 0 Å². The maximum absolute atomic E-state index is 5.91. The molecule has 0 unspecified atom stereocenters. The van der Waals surface area contributed by atoms with Crippen molar-refractivity contribution < 1.29 is 9.47 Å². The van der Waals surface area contributed by atoms with Crippen LogP contribution in [0.4, 0.5) is 0 Å². The van der Waals surface area contributed by atoms with Crippen molar-refractivity contribution in [2.75, 3.05) is 7.11 Å². The third kappa shape index (κ3) is 3.74. The van der Waals surface area contributed by atoms with Crippen LogP contribution >= 0.6 is 28.1 Å². The molecule has 0 fully saturated rings. The molecular formula is C16H16BrNO2S. The number of nitrogens with two attached hydrogens (primary N) is 1. The molecule has 110 valence electrons. The number of hydrogen-bond acceptors (Lipinski definition) is 3. The van der Waals surface area contributed by atoms with Crippen LogP contribution in [0.5, 0.6) is 17.2 Å². The fourth-order valence-electron chi connectivity index (χ4n) is 1.87. The van der Waals surface area contributed by atoms with Crippen LogP contribution in [-0.2, 0) is 6.42 Å². The largest absolute Gasteiger partial charge is 0.493 e. The highest BCUT2D eigenvalue weighted by molar-refractivity contribution is 9.10. The van der Waals surface area contributed by atoms with Gasteiger partial charge in [0.2, 0.25) is 0 Å². The molecule has 0 saturated carbocycles. The van der Waals surface area contributed by atoms with Gasteiger partial charge < -0.3 is 15.2 Å². The van der Waals surface area contributed by atoms with Crippen molar-refractivity contribution in [3.05, 3.63) is 52.0 Å². The minimum Gasteiger partial charge on any atom is -0.493 e. The summed E-state index contributed by atoms with van der Waals surface area (Å²) in [5.41, 5.74) is 7.60. The first-order valence-corrected chi connectivity index (χ1v) is 7.69. The van der Waals surface area contributed by atoms with Crippen LogP contribution < -0.4 is 15.2 Å². The van der Waals surface area contributed by atoms with Crippen LogP contribution in [0.25, 0.3) is 0 Å². The van der Waals surface area contributed by atoms with Crippen molar-refractivity contribution in [1.82, 2.24) is 0 Å². The van der Waals surface area contributed by atoms with Gasteiger partial charge in [-0.1, -0.05) is 25.2 Å². The van der Waals surface area contributed by atoms with E-state index in [-0.39, 0.29) is 0 Å². The van der Waals surface area contributed by atoms with E-state index in [1.807, 2.05) is 36.4 Å². The number of benzene rings is 2. The van der Waals surface area contributed by atoms with Crippen molar-refractivity contribution in [2.24, 2.45) is 5.73 Å². The van der Waals surface area contributed by atoms with Gasteiger partial charge in [0.25, 0.3) is 0 Å². The number of halogens is 1. The maximum Gasteiger partial charge on any atom is 0.169 e. The summed E-state index contributed by atoms with van der Waals surface area (Å²) in [4.78, 5) is 0.354. The molecular weight excluding hydrogens is 350 g/mol. The van der Waals surface area contributed by atoms with Crippen LogP contribution in [0.3, 0.4) is 0 Å². The number of aryl methyl sites for hydroxylation is 1. The third-order valence-electron chi connectivity index (χ3n) is 3.07. The third-order valence-corrected chi connectivity index (χ3v) is 3.93. The minimum atomic E-state index is 0.354. The monoisotopic (exact) mass is 365 g/mol. The lowest BCUT2D eigenvalue weighted by atomic mass is 10.1. The second-order valence-electron chi connectivity index (χ2n) is 4.45. The van der Waals surface area contributed by atoms with Crippen molar-refractivity contribution in [3.63, 3.8) is 0 Å². The highest BCUT2D eigenvalue weighted by atomic mass is 79.9. The molecule has 0 radical (unpaired) electrons. The molecule has 0 bridgehead atoms. The number of methoxy groups -OCH3 is 1. The zero-order valence-corrected chi connectivity index (χ0v) is 14.3. The van der Waals surface area contributed by atoms with Gasteiger partial charge in [0.05, 0.1) is 11.6 Å². The molecule has 0 aliphatic heterocycles. The summed E-state index contributed by atoms with van der Waals surface area (Å²) in [7, 11) is 1.63. The van der Waals surface area contributed by atoms with Crippen molar-refractivity contribution in [1.29, 1.82) is 0 Å². The predicted octanol–water partition coefficient (Wildman–Crippen LogP) is 4.45. The Morgan fingerprint density at radius 2 is 1.86 bits per heavy atom. The second kappa shape index (κ2) is 6.91. The van der Waals surface area contributed by atoms with E-state index in [0.29, 0.717) is 22.2 Å². The smallest absolute Gasteiger partial charge is 0.169 e. The van der Waals surface area contributed by atoms with Crippen LogP contribution in [0.2, 0.25) is 0 Å². The Balaban J connectivity index is 2.32. The number of thiocarbonyl (C=S) groups is 1. The zero-order valence-electron chi connectivity index (χ0n) is 11.9. The van der Waals surface area contributed by atoms with Gasteiger partial charge in [-0.3, -0.25) is 0 Å². The Bertz CT molecular complexity index is 673. The van der Waals surface area contributed by atoms with Crippen LogP contribution in [0.1, 0.15) is 18.1 Å². The Kier molecular flexibility index (Phi) is 5.20. The number of ether oxygens (including phenoxy) is 2. The molecule has 0 aromatic heterocycles. The molecule has 21 heavy (non-hydrogen) atoms. The van der Waals surface area contributed by atoms with Gasteiger partial charge in [-0.15, -0.1) is 0 Å². The highest BCUT2D eigenvalue weighted by Crippen LogP contribution is 2.36. The topological polar surface area (TPSA) is 44.5 Å². The molecule has 0 heterocycles. The zero-order chi connectivity index (χ0) is 15.4. The first kappa shape index (κ1) is 15.8. The molecule has 5 heteroatoms. The highest BCUT2D eigenvalue weighted by Gasteiger charge is 2.10. The lowest BCUT2D eigenvalue weighted by Crippen LogP contribution is -2.09. The van der Waals surface area contributed by atoms with Gasteiger partial charge in [0.1, 0.15) is 10.7 Å². The molecule has 0 saturated heterocycles. The predicted molar refractivity (Wildman–Crippen MR) is 92.5 cm³/mol. The molecule has 2 aromatic rings. The van der Waals surface area contributed by atoms with Gasteiger partial charge in [0, 0.05) is 5.56 Å². The first-order valence-electron chi connectivity index (χ1n) is 6.49. The van der Waals surface area contributed by atoms with Crippen LogP contribution in [0, 0.1) is 0 Å². The van der Waals surface area contributed by atoms with Gasteiger partial charge in [-0.2, -0.15) is 0 Å². The van der Waals surface area contributed by atoms with Gasteiger partial charge in [-0.25, -0.2) is 0 Å². The van der Waals surface area contributed by atoms with E-state index in [0.717, 1.165) is 16.5 Å². The first-order chi connectivity index (χ1) is 10.0. The van der Waals surface area contributed by atoms with Crippen molar-refractivity contribution >= 4 is 33.1 Å². The Labute approximate surface area is 138 Å². The molecule has 0 aliphatic rings. The lowest BCUT2D eigenvalue weighted by molar-refractivity contribution is 0.377. The average Bonchev–Trinajstić information content (AvgIpc) is 2.49. The Hall–Kier alpha value is -1.59. The number of hydrogen-bond donors (Lipinski definition) is 1. The van der Waals surface area contributed by atoms with Crippen LogP contribution in [-0.4, -0.2) is 12.1 Å². The fourth-order valence-corrected chi connectivity index (χ4v) is 2.46. The van der Waals surface area contributed by atoms with E-state index >= 15 is 0 Å². The second-order valence-corrected chi connectivity index (χ2v) is 5.74. The molecule has 0 atom stereocenters. The van der Waals surface area contributed by atoms with E-state index in [1.165, 1.54) is 5.56 Å². The van der Waals surface area contributed by atoms with Crippen LogP contribution in [0.15, 0.2) is 40.9 Å². The molecule has 0 aliphatic carbocycles. The standard InChI is InChI=1S/C16H16BrNO2S/c1-3-10-4-6-14(15(8-10)19-2)20-13-7-5-11(16(18)21)9-12(13)17/h4-9H,3H2,1-2H3,(H2,18,21). The van der Waals surface area contributed by atoms with E-state index < -0.39 is 0 Å². The Morgan fingerprint density at radius 1 is 1.14 bits per heavy atom. The molecule has 2 N–H and O–H groups in total. The van der Waals surface area contributed by atoms with Gasteiger partial charge in [-0.05, 0) is 58.2 Å². The summed E-state index contributed by atoms with van der Waals surface area (Å²) in [5, 5.41) is 0. The van der Waals surface area contributed by atoms with E-state index in [4.69, 9.17) is 27.4 Å². The molecule has 0 spiro atoms. The summed E-state index contributed by atoms with van der Waals surface area (Å²) in [6, 6.07) is 11.4. The molecule has 3 nitrogen and oxygen atoms in total. The van der Waals surface area contributed by atoms with Crippen molar-refractivity contribution in [2.45, 2.75) is 13.3 Å². The molecule has 2 aromatic carbocycles. The summed E-state index contributed by atoms with van der Waals surface area (Å²) in [6.45, 7) is 2.10. The van der Waals surface area contributed by atoms with Crippen molar-refractivity contribution in [3.8, 4) is 17.2 Å². The molecule has 0 amide bonds. The quantitative estimate of drug-likeness (QED) is 0.795. The van der Waals surface area contributed by atoms with Gasteiger partial charge >= 0.3 is 0 Å². The maximum atomic E-state index is 5.91. The summed E-state index contributed by atoms with van der Waals surface area (Å²) >= 11 is 8.42. The summed E-state index contributed by atoms with van der Waals surface area (Å²) in [5.74, 6) is 2.05. The van der Waals surface area contributed by atoms with E-state index in [1.54, 1.807) is 7.11 Å². The summed E-state index contributed by atoms with van der Waals surface area (Å²) in [6.07, 6.45) is 0.947. The Morgan fingerprint density at radius 3 is 2.43 bits per heavy atom. The van der Waals surface area contributed by atoms with Gasteiger partial charge in [0.15, 0.2) is 11.5 Å². The van der Waals surface area contributed by atoms with E-state index in [2.05, 4.69) is 22.9 Å². The fraction of sp³-hybridized carbons (Fsp3) is 0.188. The summed E-state index contributed by atoms with van der Waals surface area (Å²) < 4.78 is 12.1. The normalized spacial score (nSPS) is 10.2. The minimum absolute atomic E-state index is 0.354. The average molecular weight is 366 g/mol. The number of rotatable bonds is 5. The SMILES string of the molecule is CCc1ccc(Oc2ccc(C(N)=S)cc2Br)c(OC)c1.